The Labute approximate surface area is 134 Å². The molecule has 9 nitrogen and oxygen atoms in total. The van der Waals surface area contributed by atoms with Crippen molar-refractivity contribution in [3.05, 3.63) is 11.8 Å². The summed E-state index contributed by atoms with van der Waals surface area (Å²) >= 11 is 0. The van der Waals surface area contributed by atoms with Crippen LogP contribution in [0.25, 0.3) is 0 Å². The van der Waals surface area contributed by atoms with E-state index < -0.39 is 43.0 Å². The number of amides is 1. The van der Waals surface area contributed by atoms with Gasteiger partial charge in [-0.25, -0.2) is 4.79 Å². The molecule has 0 saturated carbocycles. The molecule has 23 heavy (non-hydrogen) atoms. The third kappa shape index (κ3) is 4.20. The maximum Gasteiger partial charge on any atom is 0.373 e. The SMILES string of the molecule is CNC1C=C(C(=O)OC)OC(C(O)C(O)CO)C1N(C)C(C)=O. The van der Waals surface area contributed by atoms with Crippen LogP contribution in [-0.2, 0) is 19.1 Å². The van der Waals surface area contributed by atoms with Crippen LogP contribution in [0.15, 0.2) is 11.8 Å². The van der Waals surface area contributed by atoms with Crippen LogP contribution in [0.4, 0.5) is 0 Å². The fourth-order valence-electron chi connectivity index (χ4n) is 2.46. The van der Waals surface area contributed by atoms with Crippen LogP contribution in [0.3, 0.4) is 0 Å². The smallest absolute Gasteiger partial charge is 0.373 e. The Morgan fingerprint density at radius 1 is 1.48 bits per heavy atom. The van der Waals surface area contributed by atoms with Gasteiger partial charge in [0.15, 0.2) is 0 Å². The monoisotopic (exact) mass is 332 g/mol. The molecular weight excluding hydrogens is 308 g/mol. The first-order valence-corrected chi connectivity index (χ1v) is 7.12. The van der Waals surface area contributed by atoms with E-state index in [1.165, 1.54) is 32.1 Å². The molecule has 0 aromatic heterocycles. The number of hydrogen-bond acceptors (Lipinski definition) is 8. The second kappa shape index (κ2) is 8.25. The summed E-state index contributed by atoms with van der Waals surface area (Å²) in [5.41, 5.74) is 0. The molecule has 5 unspecified atom stereocenters. The van der Waals surface area contributed by atoms with Gasteiger partial charge >= 0.3 is 5.97 Å². The van der Waals surface area contributed by atoms with Crippen molar-refractivity contribution in [3.8, 4) is 0 Å². The van der Waals surface area contributed by atoms with Gasteiger partial charge in [0.2, 0.25) is 11.7 Å². The van der Waals surface area contributed by atoms with E-state index in [4.69, 9.17) is 9.84 Å². The Balaban J connectivity index is 3.26. The van der Waals surface area contributed by atoms with Crippen LogP contribution in [-0.4, -0.2) is 90.3 Å². The normalized spacial score (nSPS) is 26.6. The van der Waals surface area contributed by atoms with Crippen molar-refractivity contribution in [2.75, 3.05) is 27.8 Å². The molecule has 1 aliphatic heterocycles. The first kappa shape index (κ1) is 19.4. The molecule has 0 radical (unpaired) electrons. The molecule has 9 heteroatoms. The summed E-state index contributed by atoms with van der Waals surface area (Å²) in [5.74, 6) is -1.18. The molecule has 5 atom stereocenters. The Morgan fingerprint density at radius 3 is 2.52 bits per heavy atom. The van der Waals surface area contributed by atoms with Crippen molar-refractivity contribution >= 4 is 11.9 Å². The highest BCUT2D eigenvalue weighted by molar-refractivity contribution is 5.86. The van der Waals surface area contributed by atoms with Crippen LogP contribution < -0.4 is 5.32 Å². The van der Waals surface area contributed by atoms with Gasteiger partial charge in [-0.3, -0.25) is 4.79 Å². The predicted octanol–water partition coefficient (Wildman–Crippen LogP) is -2.41. The van der Waals surface area contributed by atoms with Gasteiger partial charge in [-0.15, -0.1) is 0 Å². The van der Waals surface area contributed by atoms with Gasteiger partial charge < -0.3 is 35.0 Å². The molecule has 0 aromatic carbocycles. The summed E-state index contributed by atoms with van der Waals surface area (Å²) in [7, 11) is 4.32. The summed E-state index contributed by atoms with van der Waals surface area (Å²) in [6.07, 6.45) is -2.69. The number of rotatable bonds is 6. The summed E-state index contributed by atoms with van der Waals surface area (Å²) in [4.78, 5) is 24.8. The minimum atomic E-state index is -1.52. The Morgan fingerprint density at radius 2 is 2.09 bits per heavy atom. The zero-order valence-electron chi connectivity index (χ0n) is 13.6. The molecule has 1 aliphatic rings. The lowest BCUT2D eigenvalue weighted by molar-refractivity contribution is -0.155. The zero-order chi connectivity index (χ0) is 17.7. The van der Waals surface area contributed by atoms with Crippen LogP contribution in [0, 0.1) is 0 Å². The second-order valence-electron chi connectivity index (χ2n) is 5.28. The van der Waals surface area contributed by atoms with Crippen molar-refractivity contribution in [2.24, 2.45) is 0 Å². The zero-order valence-corrected chi connectivity index (χ0v) is 13.6. The number of likely N-dealkylation sites (N-methyl/N-ethyl adjacent to an activating group) is 2. The van der Waals surface area contributed by atoms with Crippen molar-refractivity contribution < 1.29 is 34.4 Å². The molecule has 0 fully saturated rings. The Hall–Kier alpha value is -1.68. The number of carbonyl (C=O) groups excluding carboxylic acids is 2. The standard InChI is InChI=1S/C14H24N2O7/c1-7(18)16(3)11-8(15-2)5-10(14(21)22-4)23-13(11)12(20)9(19)6-17/h5,8-9,11-13,15,17,19-20H,6H2,1-4H3. The van der Waals surface area contributed by atoms with Gasteiger partial charge in [0, 0.05) is 14.0 Å². The molecule has 1 amide bonds. The molecule has 1 heterocycles. The fraction of sp³-hybridized carbons (Fsp3) is 0.714. The van der Waals surface area contributed by atoms with Gasteiger partial charge in [-0.1, -0.05) is 0 Å². The maximum atomic E-state index is 11.7. The lowest BCUT2D eigenvalue weighted by Gasteiger charge is -2.43. The number of hydrogen-bond donors (Lipinski definition) is 4. The number of ether oxygens (including phenoxy) is 2. The van der Waals surface area contributed by atoms with E-state index in [2.05, 4.69) is 10.1 Å². The van der Waals surface area contributed by atoms with E-state index in [0.717, 1.165) is 0 Å². The number of methoxy groups -OCH3 is 1. The van der Waals surface area contributed by atoms with Gasteiger partial charge in [0.1, 0.15) is 18.3 Å². The molecule has 0 aliphatic carbocycles. The predicted molar refractivity (Wildman–Crippen MR) is 79.2 cm³/mol. The topological polar surface area (TPSA) is 129 Å². The Bertz CT molecular complexity index is 468. The minimum absolute atomic E-state index is 0.144. The van der Waals surface area contributed by atoms with Crippen LogP contribution >= 0.6 is 0 Å². The number of aliphatic hydroxyl groups excluding tert-OH is 3. The molecular formula is C14H24N2O7. The first-order chi connectivity index (χ1) is 10.8. The van der Waals surface area contributed by atoms with Crippen molar-refractivity contribution in [3.63, 3.8) is 0 Å². The Kier molecular flexibility index (Phi) is 6.95. The third-order valence-electron chi connectivity index (χ3n) is 3.88. The van der Waals surface area contributed by atoms with Crippen LogP contribution in [0.1, 0.15) is 6.92 Å². The lowest BCUT2D eigenvalue weighted by Crippen LogP contribution is -2.62. The molecule has 4 N–H and O–H groups in total. The molecule has 0 aromatic rings. The number of aliphatic hydroxyl groups is 3. The van der Waals surface area contributed by atoms with E-state index in [-0.39, 0.29) is 11.7 Å². The van der Waals surface area contributed by atoms with E-state index >= 15 is 0 Å². The van der Waals surface area contributed by atoms with Crippen LogP contribution in [0.5, 0.6) is 0 Å². The number of nitrogens with zero attached hydrogens (tertiary/aromatic N) is 1. The van der Waals surface area contributed by atoms with E-state index in [1.807, 2.05) is 0 Å². The molecule has 1 rings (SSSR count). The summed E-state index contributed by atoms with van der Waals surface area (Å²) in [6, 6.07) is -1.24. The molecule has 0 spiro atoms. The first-order valence-electron chi connectivity index (χ1n) is 7.12. The lowest BCUT2D eigenvalue weighted by atomic mass is 9.91. The quantitative estimate of drug-likeness (QED) is 0.396. The van der Waals surface area contributed by atoms with E-state index in [1.54, 1.807) is 7.05 Å². The highest BCUT2D eigenvalue weighted by Gasteiger charge is 2.45. The fourth-order valence-corrected chi connectivity index (χ4v) is 2.46. The minimum Gasteiger partial charge on any atom is -0.478 e. The van der Waals surface area contributed by atoms with Crippen molar-refractivity contribution in [1.29, 1.82) is 0 Å². The molecule has 132 valence electrons. The summed E-state index contributed by atoms with van der Waals surface area (Å²) in [6.45, 7) is 0.650. The van der Waals surface area contributed by atoms with Gasteiger partial charge in [0.25, 0.3) is 0 Å². The highest BCUT2D eigenvalue weighted by Crippen LogP contribution is 2.26. The van der Waals surface area contributed by atoms with E-state index in [9.17, 15) is 19.8 Å². The second-order valence-corrected chi connectivity index (χ2v) is 5.28. The number of carbonyl (C=O) groups is 2. The van der Waals surface area contributed by atoms with Crippen molar-refractivity contribution in [2.45, 2.75) is 37.3 Å². The summed E-state index contributed by atoms with van der Waals surface area (Å²) in [5, 5.41) is 31.9. The van der Waals surface area contributed by atoms with E-state index in [0.29, 0.717) is 0 Å². The highest BCUT2D eigenvalue weighted by atomic mass is 16.6. The summed E-state index contributed by atoms with van der Waals surface area (Å²) < 4.78 is 10.1. The average Bonchev–Trinajstić information content (AvgIpc) is 2.57. The largest absolute Gasteiger partial charge is 0.478 e. The molecule has 0 saturated heterocycles. The van der Waals surface area contributed by atoms with Crippen molar-refractivity contribution in [1.82, 2.24) is 10.2 Å². The number of nitrogens with one attached hydrogen (secondary N) is 1. The third-order valence-corrected chi connectivity index (χ3v) is 3.88. The van der Waals surface area contributed by atoms with Gasteiger partial charge in [0.05, 0.1) is 25.8 Å². The molecule has 0 bridgehead atoms. The van der Waals surface area contributed by atoms with Gasteiger partial charge in [-0.05, 0) is 13.1 Å². The maximum absolute atomic E-state index is 11.7. The average molecular weight is 332 g/mol. The number of esters is 1. The van der Waals surface area contributed by atoms with Crippen LogP contribution in [0.2, 0.25) is 0 Å². The van der Waals surface area contributed by atoms with Gasteiger partial charge in [-0.2, -0.15) is 0 Å².